The molecular weight excluding hydrogens is 252 g/mol. The van der Waals surface area contributed by atoms with Gasteiger partial charge in [-0.2, -0.15) is 4.68 Å². The highest BCUT2D eigenvalue weighted by Crippen LogP contribution is 2.27. The summed E-state index contributed by atoms with van der Waals surface area (Å²) in [6, 6.07) is 0. The van der Waals surface area contributed by atoms with Crippen LogP contribution in [0.4, 0.5) is 0 Å². The zero-order valence-electron chi connectivity index (χ0n) is 10.2. The van der Waals surface area contributed by atoms with Crippen LogP contribution in [0.2, 0.25) is 0 Å². The van der Waals surface area contributed by atoms with Gasteiger partial charge in [-0.3, -0.25) is 0 Å². The fourth-order valence-electron chi connectivity index (χ4n) is 1.94. The van der Waals surface area contributed by atoms with Crippen molar-refractivity contribution in [2.24, 2.45) is 0 Å². The number of carboxylic acid groups (broad SMARTS) is 1. The highest BCUT2D eigenvalue weighted by atomic mass is 32.1. The summed E-state index contributed by atoms with van der Waals surface area (Å²) in [5, 5.41) is 19.4. The number of nitrogens with zero attached hydrogens (tertiary/aromatic N) is 4. The first-order valence-electron chi connectivity index (χ1n) is 5.77. The molecule has 0 radical (unpaired) electrons. The van der Waals surface area contributed by atoms with E-state index in [1.54, 1.807) is 10.9 Å². The molecule has 0 aliphatic rings. The first-order chi connectivity index (χ1) is 8.69. The molecule has 2 rings (SSSR count). The van der Waals surface area contributed by atoms with Crippen molar-refractivity contribution in [2.75, 3.05) is 0 Å². The SMILES string of the molecule is CCC(CC)c1c(C(=O)O)nnn1-c1nccs1. The van der Waals surface area contributed by atoms with Gasteiger partial charge >= 0.3 is 5.97 Å². The molecule has 6 nitrogen and oxygen atoms in total. The third-order valence-electron chi connectivity index (χ3n) is 2.88. The van der Waals surface area contributed by atoms with E-state index in [9.17, 15) is 9.90 Å². The summed E-state index contributed by atoms with van der Waals surface area (Å²) in [6.45, 7) is 4.05. The Labute approximate surface area is 108 Å². The summed E-state index contributed by atoms with van der Waals surface area (Å²) in [6.07, 6.45) is 3.35. The summed E-state index contributed by atoms with van der Waals surface area (Å²) in [5.74, 6) is -0.922. The fourth-order valence-corrected chi connectivity index (χ4v) is 2.54. The second-order valence-corrected chi connectivity index (χ2v) is 4.74. The van der Waals surface area contributed by atoms with Crippen LogP contribution in [-0.2, 0) is 0 Å². The summed E-state index contributed by atoms with van der Waals surface area (Å²) in [5.41, 5.74) is 0.668. The van der Waals surface area contributed by atoms with Gasteiger partial charge in [0.25, 0.3) is 0 Å². The van der Waals surface area contributed by atoms with Crippen molar-refractivity contribution < 1.29 is 9.90 Å². The van der Waals surface area contributed by atoms with Gasteiger partial charge in [-0.15, -0.1) is 16.4 Å². The molecule has 1 N–H and O–H groups in total. The van der Waals surface area contributed by atoms with Gasteiger partial charge < -0.3 is 5.11 Å². The van der Waals surface area contributed by atoms with Gasteiger partial charge in [0.15, 0.2) is 5.69 Å². The number of aromatic nitrogens is 4. The van der Waals surface area contributed by atoms with E-state index in [4.69, 9.17) is 0 Å². The largest absolute Gasteiger partial charge is 0.476 e. The normalized spacial score (nSPS) is 11.1. The van der Waals surface area contributed by atoms with Crippen LogP contribution >= 0.6 is 11.3 Å². The van der Waals surface area contributed by atoms with Crippen LogP contribution < -0.4 is 0 Å². The van der Waals surface area contributed by atoms with Crippen LogP contribution in [0.15, 0.2) is 11.6 Å². The molecule has 2 heterocycles. The van der Waals surface area contributed by atoms with E-state index >= 15 is 0 Å². The van der Waals surface area contributed by atoms with Crippen LogP contribution in [0.25, 0.3) is 5.13 Å². The molecule has 96 valence electrons. The molecule has 18 heavy (non-hydrogen) atoms. The molecule has 0 fully saturated rings. The Hall–Kier alpha value is -1.76. The molecular formula is C11H14N4O2S. The molecule has 2 aromatic heterocycles. The number of aromatic carboxylic acids is 1. The minimum Gasteiger partial charge on any atom is -0.476 e. The van der Waals surface area contributed by atoms with Gasteiger partial charge in [0, 0.05) is 17.5 Å². The van der Waals surface area contributed by atoms with E-state index in [1.807, 2.05) is 19.2 Å². The van der Waals surface area contributed by atoms with E-state index in [0.717, 1.165) is 12.8 Å². The maximum absolute atomic E-state index is 11.2. The Bertz CT molecular complexity index is 531. The van der Waals surface area contributed by atoms with Crippen LogP contribution in [0, 0.1) is 0 Å². The summed E-state index contributed by atoms with van der Waals surface area (Å²) < 4.78 is 1.55. The van der Waals surface area contributed by atoms with Crippen molar-refractivity contribution in [3.05, 3.63) is 23.0 Å². The smallest absolute Gasteiger partial charge is 0.358 e. The molecule has 0 amide bonds. The molecule has 0 aromatic carbocycles. The van der Waals surface area contributed by atoms with Gasteiger partial charge in [-0.05, 0) is 12.8 Å². The van der Waals surface area contributed by atoms with E-state index in [2.05, 4.69) is 15.3 Å². The molecule has 0 unspecified atom stereocenters. The minimum atomic E-state index is -1.04. The van der Waals surface area contributed by atoms with E-state index < -0.39 is 5.97 Å². The monoisotopic (exact) mass is 266 g/mol. The lowest BCUT2D eigenvalue weighted by Crippen LogP contribution is -2.11. The molecule has 0 atom stereocenters. The number of rotatable bonds is 5. The Kier molecular flexibility index (Phi) is 3.71. The molecule has 7 heteroatoms. The molecule has 0 saturated heterocycles. The highest BCUT2D eigenvalue weighted by Gasteiger charge is 2.25. The summed E-state index contributed by atoms with van der Waals surface area (Å²) >= 11 is 1.41. The number of thiazole rings is 1. The van der Waals surface area contributed by atoms with Gasteiger partial charge in [-0.1, -0.05) is 19.1 Å². The number of carbonyl (C=O) groups is 1. The zero-order chi connectivity index (χ0) is 13.1. The van der Waals surface area contributed by atoms with E-state index in [0.29, 0.717) is 10.8 Å². The lowest BCUT2D eigenvalue weighted by Gasteiger charge is -2.13. The first kappa shape index (κ1) is 12.7. The Balaban J connectivity index is 2.57. The van der Waals surface area contributed by atoms with Crippen molar-refractivity contribution in [2.45, 2.75) is 32.6 Å². The third kappa shape index (κ3) is 2.13. The van der Waals surface area contributed by atoms with E-state index in [-0.39, 0.29) is 11.6 Å². The van der Waals surface area contributed by atoms with Gasteiger partial charge in [-0.25, -0.2) is 9.78 Å². The average molecular weight is 266 g/mol. The Morgan fingerprint density at radius 3 is 2.72 bits per heavy atom. The number of carboxylic acids is 1. The second kappa shape index (κ2) is 5.26. The molecule has 2 aromatic rings. The van der Waals surface area contributed by atoms with Crippen LogP contribution in [0.1, 0.15) is 48.8 Å². The Morgan fingerprint density at radius 1 is 1.50 bits per heavy atom. The van der Waals surface area contributed by atoms with Crippen LogP contribution in [-0.4, -0.2) is 31.1 Å². The quantitative estimate of drug-likeness (QED) is 0.898. The summed E-state index contributed by atoms with van der Waals surface area (Å²) in [4.78, 5) is 15.4. The van der Waals surface area contributed by atoms with Crippen LogP contribution in [0.3, 0.4) is 0 Å². The first-order valence-corrected chi connectivity index (χ1v) is 6.65. The predicted molar refractivity (Wildman–Crippen MR) is 67.3 cm³/mol. The summed E-state index contributed by atoms with van der Waals surface area (Å²) in [7, 11) is 0. The lowest BCUT2D eigenvalue weighted by molar-refractivity contribution is 0.0688. The van der Waals surface area contributed by atoms with Crippen molar-refractivity contribution in [1.82, 2.24) is 20.0 Å². The third-order valence-corrected chi connectivity index (χ3v) is 3.63. The lowest BCUT2D eigenvalue weighted by atomic mass is 9.97. The van der Waals surface area contributed by atoms with Gasteiger partial charge in [0.05, 0.1) is 5.69 Å². The molecule has 0 spiro atoms. The average Bonchev–Trinajstić information content (AvgIpc) is 2.98. The molecule has 0 aliphatic heterocycles. The number of hydrogen-bond donors (Lipinski definition) is 1. The van der Waals surface area contributed by atoms with Crippen molar-refractivity contribution in [3.8, 4) is 5.13 Å². The Morgan fingerprint density at radius 2 is 2.22 bits per heavy atom. The second-order valence-electron chi connectivity index (χ2n) is 3.87. The number of hydrogen-bond acceptors (Lipinski definition) is 5. The fraction of sp³-hybridized carbons (Fsp3) is 0.455. The molecule has 0 saturated carbocycles. The van der Waals surface area contributed by atoms with E-state index in [1.165, 1.54) is 11.3 Å². The van der Waals surface area contributed by atoms with Crippen molar-refractivity contribution in [1.29, 1.82) is 0 Å². The molecule has 0 aliphatic carbocycles. The van der Waals surface area contributed by atoms with Gasteiger partial charge in [0.1, 0.15) is 0 Å². The maximum atomic E-state index is 11.2. The standard InChI is InChI=1S/C11H14N4O2S/c1-3-7(4-2)9-8(10(16)17)13-14-15(9)11-12-5-6-18-11/h5-7H,3-4H2,1-2H3,(H,16,17). The predicted octanol–water partition coefficient (Wildman–Crippen LogP) is 2.33. The molecule has 0 bridgehead atoms. The van der Waals surface area contributed by atoms with Crippen molar-refractivity contribution in [3.63, 3.8) is 0 Å². The van der Waals surface area contributed by atoms with Crippen LogP contribution in [0.5, 0.6) is 0 Å². The topological polar surface area (TPSA) is 80.9 Å². The van der Waals surface area contributed by atoms with Crippen molar-refractivity contribution >= 4 is 17.3 Å². The highest BCUT2D eigenvalue weighted by molar-refractivity contribution is 7.12. The maximum Gasteiger partial charge on any atom is 0.358 e. The van der Waals surface area contributed by atoms with Gasteiger partial charge in [0.2, 0.25) is 5.13 Å². The minimum absolute atomic E-state index is 0.0268. The zero-order valence-corrected chi connectivity index (χ0v) is 11.0.